The van der Waals surface area contributed by atoms with Gasteiger partial charge in [0.25, 0.3) is 0 Å². The van der Waals surface area contributed by atoms with Gasteiger partial charge < -0.3 is 4.74 Å². The molecule has 0 N–H and O–H groups in total. The van der Waals surface area contributed by atoms with Crippen molar-refractivity contribution in [3.63, 3.8) is 0 Å². The van der Waals surface area contributed by atoms with Crippen LogP contribution in [0.15, 0.2) is 36.5 Å². The molecule has 3 nitrogen and oxygen atoms in total. The lowest BCUT2D eigenvalue weighted by Crippen LogP contribution is -2.10. The van der Waals surface area contributed by atoms with E-state index in [1.54, 1.807) is 24.3 Å². The van der Waals surface area contributed by atoms with Crippen molar-refractivity contribution in [1.29, 1.82) is 0 Å². The van der Waals surface area contributed by atoms with Gasteiger partial charge in [-0.3, -0.25) is 0 Å². The van der Waals surface area contributed by atoms with Crippen LogP contribution in [0.25, 0.3) is 11.3 Å². The molecule has 0 radical (unpaired) electrons. The zero-order valence-electron chi connectivity index (χ0n) is 9.40. The largest absolute Gasteiger partial charge is 0.497 e. The molecule has 0 aliphatic heterocycles. The van der Waals surface area contributed by atoms with E-state index in [0.717, 1.165) is 6.20 Å². The highest BCUT2D eigenvalue weighted by molar-refractivity contribution is 5.60. The van der Waals surface area contributed by atoms with Crippen LogP contribution >= 0.6 is 0 Å². The highest BCUT2D eigenvalue weighted by atomic mass is 19.4. The number of benzene rings is 1. The SMILES string of the molecule is COc1cccc(-c2ccnc(C(F)(F)F)n2)c1. The van der Waals surface area contributed by atoms with Gasteiger partial charge in [0, 0.05) is 11.8 Å². The summed E-state index contributed by atoms with van der Waals surface area (Å²) in [6, 6.07) is 8.08. The second-order valence-corrected chi connectivity index (χ2v) is 3.50. The van der Waals surface area contributed by atoms with E-state index in [4.69, 9.17) is 4.74 Å². The van der Waals surface area contributed by atoms with E-state index in [0.29, 0.717) is 11.3 Å². The van der Waals surface area contributed by atoms with Crippen molar-refractivity contribution in [3.8, 4) is 17.0 Å². The number of aromatic nitrogens is 2. The van der Waals surface area contributed by atoms with E-state index in [9.17, 15) is 13.2 Å². The van der Waals surface area contributed by atoms with Crippen molar-refractivity contribution >= 4 is 0 Å². The highest BCUT2D eigenvalue weighted by Gasteiger charge is 2.34. The Morgan fingerprint density at radius 1 is 1.17 bits per heavy atom. The molecule has 94 valence electrons. The molecule has 0 unspecified atom stereocenters. The monoisotopic (exact) mass is 254 g/mol. The lowest BCUT2D eigenvalue weighted by molar-refractivity contribution is -0.144. The molecule has 2 aromatic rings. The van der Waals surface area contributed by atoms with Gasteiger partial charge in [-0.15, -0.1) is 0 Å². The Bertz CT molecular complexity index is 555. The minimum atomic E-state index is -4.55. The van der Waals surface area contributed by atoms with Gasteiger partial charge in [-0.05, 0) is 18.2 Å². The van der Waals surface area contributed by atoms with Crippen molar-refractivity contribution in [2.24, 2.45) is 0 Å². The fourth-order valence-electron chi connectivity index (χ4n) is 1.44. The van der Waals surface area contributed by atoms with Gasteiger partial charge in [-0.25, -0.2) is 9.97 Å². The van der Waals surface area contributed by atoms with Crippen molar-refractivity contribution < 1.29 is 17.9 Å². The summed E-state index contributed by atoms with van der Waals surface area (Å²) in [5.41, 5.74) is 0.749. The molecule has 0 atom stereocenters. The normalized spacial score (nSPS) is 11.3. The van der Waals surface area contributed by atoms with E-state index < -0.39 is 12.0 Å². The molecular weight excluding hydrogens is 245 g/mol. The van der Waals surface area contributed by atoms with E-state index in [2.05, 4.69) is 9.97 Å². The van der Waals surface area contributed by atoms with Gasteiger partial charge in [0.2, 0.25) is 5.82 Å². The standard InChI is InChI=1S/C12H9F3N2O/c1-18-9-4-2-3-8(7-9)10-5-6-16-11(17-10)12(13,14)15/h2-7H,1H3. The molecule has 18 heavy (non-hydrogen) atoms. The molecule has 0 spiro atoms. The summed E-state index contributed by atoms with van der Waals surface area (Å²) >= 11 is 0. The first-order valence-corrected chi connectivity index (χ1v) is 5.05. The number of alkyl halides is 3. The second kappa shape index (κ2) is 4.64. The average molecular weight is 254 g/mol. The van der Waals surface area contributed by atoms with Crippen molar-refractivity contribution in [3.05, 3.63) is 42.4 Å². The number of rotatable bonds is 2. The first kappa shape index (κ1) is 12.3. The third kappa shape index (κ3) is 2.58. The Labute approximate surface area is 101 Å². The van der Waals surface area contributed by atoms with Crippen LogP contribution in [0, 0.1) is 0 Å². The number of hydrogen-bond donors (Lipinski definition) is 0. The maximum Gasteiger partial charge on any atom is 0.451 e. The van der Waals surface area contributed by atoms with Crippen LogP contribution < -0.4 is 4.74 Å². The Morgan fingerprint density at radius 3 is 2.61 bits per heavy atom. The number of methoxy groups -OCH3 is 1. The summed E-state index contributed by atoms with van der Waals surface area (Å²) in [7, 11) is 1.49. The van der Waals surface area contributed by atoms with Crippen LogP contribution in [0.3, 0.4) is 0 Å². The maximum absolute atomic E-state index is 12.5. The van der Waals surface area contributed by atoms with Crippen molar-refractivity contribution in [2.75, 3.05) is 7.11 Å². The summed E-state index contributed by atoms with van der Waals surface area (Å²) in [5, 5.41) is 0. The molecule has 1 aromatic carbocycles. The van der Waals surface area contributed by atoms with Crippen LogP contribution in [0.1, 0.15) is 5.82 Å². The number of nitrogens with zero attached hydrogens (tertiary/aromatic N) is 2. The number of halogens is 3. The molecule has 0 aliphatic rings. The lowest BCUT2D eigenvalue weighted by atomic mass is 10.1. The fraction of sp³-hybridized carbons (Fsp3) is 0.167. The van der Waals surface area contributed by atoms with Gasteiger partial charge in [-0.1, -0.05) is 12.1 Å². The Morgan fingerprint density at radius 2 is 1.94 bits per heavy atom. The molecule has 0 saturated heterocycles. The Hall–Kier alpha value is -2.11. The van der Waals surface area contributed by atoms with Gasteiger partial charge in [-0.2, -0.15) is 13.2 Å². The average Bonchev–Trinajstić information content (AvgIpc) is 2.38. The molecule has 1 aromatic heterocycles. The van der Waals surface area contributed by atoms with Crippen LogP contribution in [-0.4, -0.2) is 17.1 Å². The third-order valence-electron chi connectivity index (χ3n) is 2.27. The zero-order valence-corrected chi connectivity index (χ0v) is 9.40. The van der Waals surface area contributed by atoms with Crippen molar-refractivity contribution in [2.45, 2.75) is 6.18 Å². The molecule has 2 rings (SSSR count). The molecular formula is C12H9F3N2O. The molecule has 0 aliphatic carbocycles. The van der Waals surface area contributed by atoms with E-state index >= 15 is 0 Å². The van der Waals surface area contributed by atoms with Crippen LogP contribution in [0.5, 0.6) is 5.75 Å². The van der Waals surface area contributed by atoms with Gasteiger partial charge in [0.05, 0.1) is 12.8 Å². The molecule has 0 amide bonds. The Balaban J connectivity index is 2.44. The summed E-state index contributed by atoms with van der Waals surface area (Å²) < 4.78 is 42.4. The Kier molecular flexibility index (Phi) is 3.18. The predicted molar refractivity (Wildman–Crippen MR) is 59.0 cm³/mol. The maximum atomic E-state index is 12.5. The van der Waals surface area contributed by atoms with Crippen LogP contribution in [-0.2, 0) is 6.18 Å². The van der Waals surface area contributed by atoms with E-state index in [1.165, 1.54) is 13.2 Å². The summed E-state index contributed by atoms with van der Waals surface area (Å²) in [6.45, 7) is 0. The summed E-state index contributed by atoms with van der Waals surface area (Å²) in [4.78, 5) is 6.71. The summed E-state index contributed by atoms with van der Waals surface area (Å²) in [6.07, 6.45) is -3.46. The van der Waals surface area contributed by atoms with Gasteiger partial charge in [0.1, 0.15) is 5.75 Å². The van der Waals surface area contributed by atoms with Crippen molar-refractivity contribution in [1.82, 2.24) is 9.97 Å². The molecule has 0 bridgehead atoms. The third-order valence-corrected chi connectivity index (χ3v) is 2.27. The molecule has 0 saturated carbocycles. The first-order valence-electron chi connectivity index (χ1n) is 5.05. The highest BCUT2D eigenvalue weighted by Crippen LogP contribution is 2.28. The summed E-state index contributed by atoms with van der Waals surface area (Å²) in [5.74, 6) is -0.595. The minimum Gasteiger partial charge on any atom is -0.497 e. The second-order valence-electron chi connectivity index (χ2n) is 3.50. The lowest BCUT2D eigenvalue weighted by Gasteiger charge is -2.07. The molecule has 1 heterocycles. The first-order chi connectivity index (χ1) is 8.50. The van der Waals surface area contributed by atoms with E-state index in [1.807, 2.05) is 0 Å². The number of ether oxygens (including phenoxy) is 1. The topological polar surface area (TPSA) is 35.0 Å². The quantitative estimate of drug-likeness (QED) is 0.825. The molecule has 0 fully saturated rings. The minimum absolute atomic E-state index is 0.205. The predicted octanol–water partition coefficient (Wildman–Crippen LogP) is 3.17. The van der Waals surface area contributed by atoms with E-state index in [-0.39, 0.29) is 5.69 Å². The fourth-order valence-corrected chi connectivity index (χ4v) is 1.44. The van der Waals surface area contributed by atoms with Crippen LogP contribution in [0.2, 0.25) is 0 Å². The van der Waals surface area contributed by atoms with Gasteiger partial charge >= 0.3 is 6.18 Å². The molecule has 6 heteroatoms. The van der Waals surface area contributed by atoms with Gasteiger partial charge in [0.15, 0.2) is 0 Å². The van der Waals surface area contributed by atoms with Crippen LogP contribution in [0.4, 0.5) is 13.2 Å². The zero-order chi connectivity index (χ0) is 13.2. The smallest absolute Gasteiger partial charge is 0.451 e. The number of hydrogen-bond acceptors (Lipinski definition) is 3.